The first-order valence-corrected chi connectivity index (χ1v) is 6.06. The van der Waals surface area contributed by atoms with Crippen molar-refractivity contribution in [3.8, 4) is 6.07 Å². The van der Waals surface area contributed by atoms with Gasteiger partial charge < -0.3 is 4.74 Å². The standard InChI is InChI=1S/C12H13BrN2O/c13-11-4-2-1-3-10(11)12-9-15(6-5-14)7-8-16-12/h1-4,12H,6-9H2. The van der Waals surface area contributed by atoms with Crippen LogP contribution < -0.4 is 0 Å². The number of ether oxygens (including phenoxy) is 1. The molecular weight excluding hydrogens is 268 g/mol. The Hall–Kier alpha value is -0.890. The highest BCUT2D eigenvalue weighted by Gasteiger charge is 2.22. The zero-order valence-electron chi connectivity index (χ0n) is 8.90. The molecule has 1 heterocycles. The van der Waals surface area contributed by atoms with Crippen molar-refractivity contribution in [1.82, 2.24) is 4.90 Å². The lowest BCUT2D eigenvalue weighted by atomic mass is 10.1. The summed E-state index contributed by atoms with van der Waals surface area (Å²) >= 11 is 3.53. The fraction of sp³-hybridized carbons (Fsp3) is 0.417. The molecule has 1 aromatic carbocycles. The third-order valence-electron chi connectivity index (χ3n) is 2.70. The largest absolute Gasteiger partial charge is 0.371 e. The van der Waals surface area contributed by atoms with Crippen molar-refractivity contribution in [2.45, 2.75) is 6.10 Å². The summed E-state index contributed by atoms with van der Waals surface area (Å²) in [5, 5.41) is 8.69. The van der Waals surface area contributed by atoms with E-state index in [2.05, 4.69) is 33.0 Å². The molecule has 0 N–H and O–H groups in total. The van der Waals surface area contributed by atoms with Gasteiger partial charge in [0.05, 0.1) is 25.3 Å². The zero-order valence-corrected chi connectivity index (χ0v) is 10.5. The average Bonchev–Trinajstić information content (AvgIpc) is 2.30. The molecule has 0 bridgehead atoms. The summed E-state index contributed by atoms with van der Waals surface area (Å²) in [6, 6.07) is 10.3. The van der Waals surface area contributed by atoms with Crippen LogP contribution in [0.2, 0.25) is 0 Å². The number of halogens is 1. The maximum absolute atomic E-state index is 8.69. The van der Waals surface area contributed by atoms with Crippen LogP contribution in [0.3, 0.4) is 0 Å². The molecule has 1 atom stereocenters. The van der Waals surface area contributed by atoms with Crippen molar-refractivity contribution >= 4 is 15.9 Å². The first-order valence-electron chi connectivity index (χ1n) is 5.26. The Balaban J connectivity index is 2.10. The van der Waals surface area contributed by atoms with Crippen molar-refractivity contribution in [1.29, 1.82) is 5.26 Å². The summed E-state index contributed by atoms with van der Waals surface area (Å²) in [6.45, 7) is 2.79. The number of hydrogen-bond acceptors (Lipinski definition) is 3. The van der Waals surface area contributed by atoms with Gasteiger partial charge in [-0.15, -0.1) is 0 Å². The predicted octanol–water partition coefficient (Wildman–Crippen LogP) is 2.35. The fourth-order valence-corrected chi connectivity index (χ4v) is 2.41. The van der Waals surface area contributed by atoms with E-state index in [1.807, 2.05) is 18.2 Å². The second-order valence-electron chi connectivity index (χ2n) is 3.77. The molecule has 16 heavy (non-hydrogen) atoms. The summed E-state index contributed by atoms with van der Waals surface area (Å²) in [5.41, 5.74) is 1.16. The molecule has 0 saturated carbocycles. The lowest BCUT2D eigenvalue weighted by Crippen LogP contribution is -2.38. The van der Waals surface area contributed by atoms with E-state index in [0.29, 0.717) is 13.2 Å². The fourth-order valence-electron chi connectivity index (χ4n) is 1.87. The minimum absolute atomic E-state index is 0.0673. The van der Waals surface area contributed by atoms with Gasteiger partial charge in [0.15, 0.2) is 0 Å². The summed E-state index contributed by atoms with van der Waals surface area (Å²) in [4.78, 5) is 2.12. The van der Waals surface area contributed by atoms with Crippen LogP contribution in [0.4, 0.5) is 0 Å². The van der Waals surface area contributed by atoms with Gasteiger partial charge in [-0.2, -0.15) is 5.26 Å². The Bertz CT molecular complexity index is 402. The minimum atomic E-state index is 0.0673. The van der Waals surface area contributed by atoms with Crippen LogP contribution >= 0.6 is 15.9 Å². The smallest absolute Gasteiger partial charge is 0.0963 e. The van der Waals surface area contributed by atoms with Crippen LogP contribution in [0.5, 0.6) is 0 Å². The van der Waals surface area contributed by atoms with Crippen LogP contribution in [0.25, 0.3) is 0 Å². The summed E-state index contributed by atoms with van der Waals surface area (Å²) in [7, 11) is 0. The van der Waals surface area contributed by atoms with Crippen molar-refractivity contribution in [3.63, 3.8) is 0 Å². The van der Waals surface area contributed by atoms with Gasteiger partial charge in [-0.1, -0.05) is 34.1 Å². The van der Waals surface area contributed by atoms with E-state index in [-0.39, 0.29) is 6.10 Å². The van der Waals surface area contributed by atoms with Gasteiger partial charge in [0.1, 0.15) is 0 Å². The highest BCUT2D eigenvalue weighted by atomic mass is 79.9. The molecule has 0 radical (unpaired) electrons. The van der Waals surface area contributed by atoms with E-state index in [4.69, 9.17) is 10.00 Å². The van der Waals surface area contributed by atoms with Gasteiger partial charge in [-0.05, 0) is 11.6 Å². The van der Waals surface area contributed by atoms with E-state index in [0.717, 1.165) is 23.1 Å². The molecule has 0 spiro atoms. The van der Waals surface area contributed by atoms with E-state index >= 15 is 0 Å². The number of nitriles is 1. The summed E-state index contributed by atoms with van der Waals surface area (Å²) in [6.07, 6.45) is 0.0673. The highest BCUT2D eigenvalue weighted by Crippen LogP contribution is 2.28. The number of benzene rings is 1. The van der Waals surface area contributed by atoms with Gasteiger partial charge in [-0.3, -0.25) is 4.90 Å². The summed E-state index contributed by atoms with van der Waals surface area (Å²) in [5.74, 6) is 0. The van der Waals surface area contributed by atoms with Crippen molar-refractivity contribution in [2.24, 2.45) is 0 Å². The molecule has 1 aliphatic rings. The normalized spacial score (nSPS) is 21.6. The van der Waals surface area contributed by atoms with Gasteiger partial charge >= 0.3 is 0 Å². The Morgan fingerprint density at radius 1 is 1.50 bits per heavy atom. The summed E-state index contributed by atoms with van der Waals surface area (Å²) < 4.78 is 6.81. The third kappa shape index (κ3) is 2.62. The van der Waals surface area contributed by atoms with E-state index < -0.39 is 0 Å². The molecule has 1 fully saturated rings. The molecule has 0 amide bonds. The van der Waals surface area contributed by atoms with Crippen molar-refractivity contribution in [3.05, 3.63) is 34.3 Å². The molecular formula is C12H13BrN2O. The van der Waals surface area contributed by atoms with Crippen molar-refractivity contribution < 1.29 is 4.74 Å². The van der Waals surface area contributed by atoms with Gasteiger partial charge in [-0.25, -0.2) is 0 Å². The van der Waals surface area contributed by atoms with Gasteiger partial charge in [0, 0.05) is 17.6 Å². The highest BCUT2D eigenvalue weighted by molar-refractivity contribution is 9.10. The molecule has 0 aromatic heterocycles. The maximum Gasteiger partial charge on any atom is 0.0963 e. The van der Waals surface area contributed by atoms with Crippen LogP contribution in [0.1, 0.15) is 11.7 Å². The second kappa shape index (κ2) is 5.44. The Kier molecular flexibility index (Phi) is 3.94. The Labute approximate surface area is 104 Å². The van der Waals surface area contributed by atoms with Crippen LogP contribution in [0, 0.1) is 11.3 Å². The molecule has 1 unspecified atom stereocenters. The van der Waals surface area contributed by atoms with Gasteiger partial charge in [0.2, 0.25) is 0 Å². The molecule has 3 nitrogen and oxygen atoms in total. The van der Waals surface area contributed by atoms with Crippen molar-refractivity contribution in [2.75, 3.05) is 26.2 Å². The van der Waals surface area contributed by atoms with E-state index in [9.17, 15) is 0 Å². The molecule has 1 aromatic rings. The number of rotatable bonds is 2. The Morgan fingerprint density at radius 2 is 2.31 bits per heavy atom. The first kappa shape index (κ1) is 11.6. The topological polar surface area (TPSA) is 36.3 Å². The van der Waals surface area contributed by atoms with Gasteiger partial charge in [0.25, 0.3) is 0 Å². The average molecular weight is 281 g/mol. The van der Waals surface area contributed by atoms with E-state index in [1.54, 1.807) is 0 Å². The lowest BCUT2D eigenvalue weighted by molar-refractivity contribution is -0.0258. The van der Waals surface area contributed by atoms with E-state index in [1.165, 1.54) is 0 Å². The monoisotopic (exact) mass is 280 g/mol. The quantitative estimate of drug-likeness (QED) is 0.781. The Morgan fingerprint density at radius 3 is 3.06 bits per heavy atom. The molecule has 0 aliphatic carbocycles. The van der Waals surface area contributed by atoms with Crippen LogP contribution in [0.15, 0.2) is 28.7 Å². The van der Waals surface area contributed by atoms with Crippen LogP contribution in [-0.4, -0.2) is 31.1 Å². The number of hydrogen-bond donors (Lipinski definition) is 0. The molecule has 2 rings (SSSR count). The molecule has 1 saturated heterocycles. The lowest BCUT2D eigenvalue weighted by Gasteiger charge is -2.31. The SMILES string of the molecule is N#CCN1CCOC(c2ccccc2Br)C1. The number of nitrogens with zero attached hydrogens (tertiary/aromatic N) is 2. The zero-order chi connectivity index (χ0) is 11.4. The second-order valence-corrected chi connectivity index (χ2v) is 4.63. The van der Waals surface area contributed by atoms with Crippen LogP contribution in [-0.2, 0) is 4.74 Å². The third-order valence-corrected chi connectivity index (χ3v) is 3.42. The minimum Gasteiger partial charge on any atom is -0.371 e. The number of morpholine rings is 1. The molecule has 4 heteroatoms. The predicted molar refractivity (Wildman–Crippen MR) is 64.9 cm³/mol. The molecule has 84 valence electrons. The maximum atomic E-state index is 8.69. The first-order chi connectivity index (χ1) is 7.81. The molecule has 1 aliphatic heterocycles.